The lowest BCUT2D eigenvalue weighted by Gasteiger charge is -2.15. The first-order valence-corrected chi connectivity index (χ1v) is 3.10. The van der Waals surface area contributed by atoms with Crippen LogP contribution in [0.5, 0.6) is 0 Å². The minimum absolute atomic E-state index is 0.562. The molecule has 0 amide bonds. The molecule has 0 aromatic carbocycles. The molecule has 0 rings (SSSR count). The van der Waals surface area contributed by atoms with Gasteiger partial charge in [0, 0.05) is 6.42 Å². The molecule has 0 aliphatic rings. The summed E-state index contributed by atoms with van der Waals surface area (Å²) in [5, 5.41) is 5.92. The third kappa shape index (κ3) is 2.10. The maximum absolute atomic E-state index is 12.3. The monoisotopic (exact) mass is 172 g/mol. The molecule has 0 saturated heterocycles. The van der Waals surface area contributed by atoms with E-state index in [9.17, 15) is 13.6 Å². The predicted octanol–water partition coefficient (Wildman–Crippen LogP) is 1.72. The highest BCUT2D eigenvalue weighted by molar-refractivity contribution is 6.30. The average molecular weight is 173 g/mol. The molecule has 2 nitrogen and oxygen atoms in total. The van der Waals surface area contributed by atoms with E-state index in [4.69, 9.17) is 16.7 Å². The van der Waals surface area contributed by atoms with Crippen molar-refractivity contribution in [3.8, 4) is 0 Å². The smallest absolute Gasteiger partial charge is 0.327 e. The molecule has 60 valence electrons. The van der Waals surface area contributed by atoms with Crippen LogP contribution in [0.2, 0.25) is 0 Å². The van der Waals surface area contributed by atoms with E-state index in [2.05, 4.69) is 0 Å². The molecule has 0 aliphatic heterocycles. The molecule has 0 fully saturated rings. The lowest BCUT2D eigenvalue weighted by molar-refractivity contribution is -0.144. The molecule has 10 heavy (non-hydrogen) atoms. The molecule has 0 aromatic rings. The first-order chi connectivity index (χ1) is 4.41. The van der Waals surface area contributed by atoms with E-state index in [1.165, 1.54) is 6.92 Å². The summed E-state index contributed by atoms with van der Waals surface area (Å²) in [4.78, 5) is 9.89. The Hall–Kier alpha value is -0.380. The van der Waals surface area contributed by atoms with Gasteiger partial charge in [0.2, 0.25) is 0 Å². The Morgan fingerprint density at radius 2 is 2.20 bits per heavy atom. The van der Waals surface area contributed by atoms with Crippen molar-refractivity contribution in [3.63, 3.8) is 0 Å². The molecule has 1 atom stereocenters. The van der Waals surface area contributed by atoms with Crippen molar-refractivity contribution in [3.05, 3.63) is 0 Å². The van der Waals surface area contributed by atoms with Gasteiger partial charge in [-0.3, -0.25) is 4.79 Å². The van der Waals surface area contributed by atoms with E-state index in [1.54, 1.807) is 0 Å². The highest BCUT2D eigenvalue weighted by Gasteiger charge is 2.41. The van der Waals surface area contributed by atoms with Gasteiger partial charge in [-0.25, -0.2) is 8.78 Å². The fraction of sp³-hybridized carbons (Fsp3) is 0.800. The highest BCUT2D eigenvalue weighted by Crippen LogP contribution is 2.26. The molecule has 0 saturated carbocycles. The van der Waals surface area contributed by atoms with Crippen LogP contribution in [0.3, 0.4) is 0 Å². The fourth-order valence-corrected chi connectivity index (χ4v) is 0.514. The van der Waals surface area contributed by atoms with Crippen molar-refractivity contribution in [2.75, 3.05) is 0 Å². The third-order valence-electron chi connectivity index (χ3n) is 1.06. The number of hydrogen-bond acceptors (Lipinski definition) is 1. The summed E-state index contributed by atoms with van der Waals surface area (Å²) in [6.07, 6.45) is -0.562. The standard InChI is InChI=1S/C5H7ClF2O2/c1-2-5(7,8)3(6)4(9)10/h3H,2H2,1H3,(H,9,10). The van der Waals surface area contributed by atoms with Gasteiger partial charge in [-0.05, 0) is 0 Å². The van der Waals surface area contributed by atoms with Crippen LogP contribution in [-0.4, -0.2) is 22.4 Å². The summed E-state index contributed by atoms with van der Waals surface area (Å²) in [7, 11) is 0. The summed E-state index contributed by atoms with van der Waals surface area (Å²) in [5.41, 5.74) is 0. The van der Waals surface area contributed by atoms with Crippen molar-refractivity contribution in [2.45, 2.75) is 24.6 Å². The van der Waals surface area contributed by atoms with Gasteiger partial charge in [0.15, 0.2) is 5.38 Å². The Morgan fingerprint density at radius 1 is 1.80 bits per heavy atom. The molecule has 5 heteroatoms. The Bertz CT molecular complexity index is 138. The third-order valence-corrected chi connectivity index (χ3v) is 1.56. The second kappa shape index (κ2) is 3.14. The van der Waals surface area contributed by atoms with Crippen LogP contribution in [0, 0.1) is 0 Å². The van der Waals surface area contributed by atoms with Crippen LogP contribution < -0.4 is 0 Å². The molecule has 0 spiro atoms. The van der Waals surface area contributed by atoms with E-state index >= 15 is 0 Å². The Labute approximate surface area is 61.8 Å². The molecule has 0 aliphatic carbocycles. The number of aliphatic carboxylic acids is 1. The maximum atomic E-state index is 12.3. The zero-order chi connectivity index (χ0) is 8.36. The number of carbonyl (C=O) groups is 1. The van der Waals surface area contributed by atoms with Crippen molar-refractivity contribution in [1.29, 1.82) is 0 Å². The number of carboxylic acid groups (broad SMARTS) is 1. The van der Waals surface area contributed by atoms with Crippen LogP contribution in [0.25, 0.3) is 0 Å². The first-order valence-electron chi connectivity index (χ1n) is 2.66. The Balaban J connectivity index is 4.17. The van der Waals surface area contributed by atoms with Crippen molar-refractivity contribution >= 4 is 17.6 Å². The van der Waals surface area contributed by atoms with E-state index in [-0.39, 0.29) is 0 Å². The molecule has 0 radical (unpaired) electrons. The number of hydrogen-bond donors (Lipinski definition) is 1. The molecule has 0 heterocycles. The number of carboxylic acids is 1. The van der Waals surface area contributed by atoms with Crippen LogP contribution in [0.4, 0.5) is 8.78 Å². The average Bonchev–Trinajstić information content (AvgIpc) is 1.86. The van der Waals surface area contributed by atoms with Gasteiger partial charge in [-0.15, -0.1) is 11.6 Å². The van der Waals surface area contributed by atoms with E-state index in [0.717, 1.165) is 0 Å². The van der Waals surface area contributed by atoms with Gasteiger partial charge in [-0.1, -0.05) is 6.92 Å². The zero-order valence-corrected chi connectivity index (χ0v) is 6.03. The number of alkyl halides is 3. The van der Waals surface area contributed by atoms with Crippen LogP contribution in [-0.2, 0) is 4.79 Å². The van der Waals surface area contributed by atoms with E-state index < -0.39 is 23.7 Å². The SMILES string of the molecule is CCC(F)(F)C(Cl)C(=O)O. The second-order valence-electron chi connectivity index (χ2n) is 1.82. The van der Waals surface area contributed by atoms with Gasteiger partial charge >= 0.3 is 5.97 Å². The van der Waals surface area contributed by atoms with Gasteiger partial charge in [0.1, 0.15) is 0 Å². The second-order valence-corrected chi connectivity index (χ2v) is 2.25. The number of rotatable bonds is 3. The van der Waals surface area contributed by atoms with Crippen molar-refractivity contribution < 1.29 is 18.7 Å². The van der Waals surface area contributed by atoms with Gasteiger partial charge < -0.3 is 5.11 Å². The summed E-state index contributed by atoms with van der Waals surface area (Å²) in [6, 6.07) is 0. The number of halogens is 3. The van der Waals surface area contributed by atoms with Crippen molar-refractivity contribution in [1.82, 2.24) is 0 Å². The van der Waals surface area contributed by atoms with Gasteiger partial charge in [0.25, 0.3) is 5.92 Å². The molecule has 0 bridgehead atoms. The first kappa shape index (κ1) is 9.62. The van der Waals surface area contributed by atoms with E-state index in [1.807, 2.05) is 0 Å². The topological polar surface area (TPSA) is 37.3 Å². The fourth-order valence-electron chi connectivity index (χ4n) is 0.360. The lowest BCUT2D eigenvalue weighted by Crippen LogP contribution is -2.34. The van der Waals surface area contributed by atoms with Crippen LogP contribution in [0.15, 0.2) is 0 Å². The molecule has 0 aromatic heterocycles. The summed E-state index contributed by atoms with van der Waals surface area (Å²) in [6.45, 7) is 1.18. The van der Waals surface area contributed by atoms with E-state index in [0.29, 0.717) is 0 Å². The van der Waals surface area contributed by atoms with Gasteiger partial charge in [0.05, 0.1) is 0 Å². The summed E-state index contributed by atoms with van der Waals surface area (Å²) >= 11 is 4.86. The van der Waals surface area contributed by atoms with Crippen LogP contribution in [0.1, 0.15) is 13.3 Å². The minimum Gasteiger partial charge on any atom is -0.480 e. The van der Waals surface area contributed by atoms with Crippen LogP contribution >= 0.6 is 11.6 Å². The molecular formula is C5H7ClF2O2. The molecule has 1 N–H and O–H groups in total. The minimum atomic E-state index is -3.31. The molecule has 1 unspecified atom stereocenters. The maximum Gasteiger partial charge on any atom is 0.327 e. The predicted molar refractivity (Wildman–Crippen MR) is 32.5 cm³/mol. The zero-order valence-electron chi connectivity index (χ0n) is 5.27. The molecular weight excluding hydrogens is 166 g/mol. The summed E-state index contributed by atoms with van der Waals surface area (Å²) < 4.78 is 24.6. The van der Waals surface area contributed by atoms with Gasteiger partial charge in [-0.2, -0.15) is 0 Å². The highest BCUT2D eigenvalue weighted by atomic mass is 35.5. The van der Waals surface area contributed by atoms with Crippen molar-refractivity contribution in [2.24, 2.45) is 0 Å². The normalized spacial score (nSPS) is 14.8. The Morgan fingerprint density at radius 3 is 2.30 bits per heavy atom. The Kier molecular flexibility index (Phi) is 3.02. The largest absolute Gasteiger partial charge is 0.480 e. The lowest BCUT2D eigenvalue weighted by atomic mass is 10.2. The quantitative estimate of drug-likeness (QED) is 0.659. The summed E-state index contributed by atoms with van der Waals surface area (Å²) in [5.74, 6) is -5.00.